The lowest BCUT2D eigenvalue weighted by molar-refractivity contribution is 0.0954. The van der Waals surface area contributed by atoms with E-state index in [2.05, 4.69) is 26.5 Å². The van der Waals surface area contributed by atoms with Gasteiger partial charge in [-0.25, -0.2) is 5.43 Å². The van der Waals surface area contributed by atoms with Gasteiger partial charge >= 0.3 is 0 Å². The van der Waals surface area contributed by atoms with E-state index in [4.69, 9.17) is 11.6 Å². The molecule has 2 rings (SSSR count). The van der Waals surface area contributed by atoms with Crippen molar-refractivity contribution in [1.29, 1.82) is 0 Å². The molecule has 0 aliphatic rings. The van der Waals surface area contributed by atoms with Gasteiger partial charge in [0.25, 0.3) is 5.91 Å². The van der Waals surface area contributed by atoms with E-state index in [1.54, 1.807) is 18.2 Å². The van der Waals surface area contributed by atoms with Crippen LogP contribution in [-0.4, -0.2) is 11.6 Å². The van der Waals surface area contributed by atoms with Gasteiger partial charge < -0.3 is 0 Å². The number of rotatable bonds is 4. The molecule has 1 N–H and O–H groups in total. The van der Waals surface area contributed by atoms with Gasteiger partial charge in [-0.2, -0.15) is 5.10 Å². The molecule has 0 saturated heterocycles. The van der Waals surface area contributed by atoms with Crippen molar-refractivity contribution in [2.24, 2.45) is 5.10 Å². The molecule has 0 unspecified atom stereocenters. The summed E-state index contributed by atoms with van der Waals surface area (Å²) >= 11 is 9.22. The molecule has 0 heterocycles. The van der Waals surface area contributed by atoms with Crippen molar-refractivity contribution in [1.82, 2.24) is 5.43 Å². The van der Waals surface area contributed by atoms with Gasteiger partial charge in [0, 0.05) is 9.50 Å². The highest BCUT2D eigenvalue weighted by Gasteiger charge is 2.09. The minimum atomic E-state index is -0.248. The third-order valence-corrected chi connectivity index (χ3v) is 3.87. The zero-order valence-electron chi connectivity index (χ0n) is 11.4. The van der Waals surface area contributed by atoms with E-state index in [-0.39, 0.29) is 5.91 Å². The smallest absolute Gasteiger partial charge is 0.267 e. The average molecular weight is 366 g/mol. The first-order chi connectivity index (χ1) is 10.1. The Hall–Kier alpha value is -1.65. The van der Waals surface area contributed by atoms with Gasteiger partial charge in [-0.3, -0.25) is 4.79 Å². The fourth-order valence-corrected chi connectivity index (χ4v) is 2.40. The third-order valence-electron chi connectivity index (χ3n) is 2.92. The molecule has 0 saturated carbocycles. The summed E-state index contributed by atoms with van der Waals surface area (Å²) in [6.07, 6.45) is 0.706. The zero-order valence-corrected chi connectivity index (χ0v) is 13.8. The third kappa shape index (κ3) is 4.16. The lowest BCUT2D eigenvalue weighted by Crippen LogP contribution is -2.20. The Bertz CT molecular complexity index is 668. The number of amides is 1. The molecule has 1 amide bonds. The average Bonchev–Trinajstić information content (AvgIpc) is 2.49. The predicted molar refractivity (Wildman–Crippen MR) is 89.9 cm³/mol. The number of carbonyl (C=O) groups excluding carboxylic acids is 1. The molecule has 3 nitrogen and oxygen atoms in total. The number of hydrazone groups is 1. The van der Waals surface area contributed by atoms with Crippen molar-refractivity contribution in [3.05, 3.63) is 69.2 Å². The van der Waals surface area contributed by atoms with Crippen LogP contribution in [0.5, 0.6) is 0 Å². The Morgan fingerprint density at radius 3 is 2.48 bits per heavy atom. The maximum absolute atomic E-state index is 12.1. The van der Waals surface area contributed by atoms with Gasteiger partial charge in [-0.05, 0) is 52.2 Å². The van der Waals surface area contributed by atoms with Crippen LogP contribution >= 0.6 is 27.5 Å². The molecule has 0 spiro atoms. The second-order valence-electron chi connectivity index (χ2n) is 4.34. The van der Waals surface area contributed by atoms with E-state index in [9.17, 15) is 4.79 Å². The number of nitrogens with one attached hydrogen (secondary N) is 1. The van der Waals surface area contributed by atoms with E-state index in [1.165, 1.54) is 0 Å². The summed E-state index contributed by atoms with van der Waals surface area (Å²) in [4.78, 5) is 12.1. The molecule has 108 valence electrons. The molecule has 0 aliphatic heterocycles. The molecule has 2 aromatic rings. The summed E-state index contributed by atoms with van der Waals surface area (Å²) in [6.45, 7) is 1.98. The van der Waals surface area contributed by atoms with Gasteiger partial charge in [0.05, 0.1) is 11.3 Å². The molecule has 0 atom stereocenters. The first-order valence-electron chi connectivity index (χ1n) is 6.49. The second kappa shape index (κ2) is 7.38. The fraction of sp³-hybridized carbons (Fsp3) is 0.125. The number of nitrogens with zero attached hydrogens (tertiary/aromatic N) is 1. The molecule has 0 fully saturated rings. The van der Waals surface area contributed by atoms with E-state index in [0.717, 1.165) is 15.7 Å². The standard InChI is InChI=1S/C16H14BrClN2O/c1-2-15(11-7-9-12(18)10-8-11)19-20-16(21)13-5-3-4-6-14(13)17/h3-10H,2H2,1H3,(H,20,21)/b19-15+. The van der Waals surface area contributed by atoms with Crippen molar-refractivity contribution in [2.75, 3.05) is 0 Å². The Labute approximate surface area is 137 Å². The largest absolute Gasteiger partial charge is 0.272 e. The number of benzene rings is 2. The maximum Gasteiger partial charge on any atom is 0.272 e. The van der Waals surface area contributed by atoms with Crippen LogP contribution in [0.4, 0.5) is 0 Å². The number of halogens is 2. The van der Waals surface area contributed by atoms with Gasteiger partial charge in [-0.15, -0.1) is 0 Å². The molecular weight excluding hydrogens is 352 g/mol. The molecule has 0 radical (unpaired) electrons. The van der Waals surface area contributed by atoms with Crippen LogP contribution in [0.2, 0.25) is 5.02 Å². The summed E-state index contributed by atoms with van der Waals surface area (Å²) in [6, 6.07) is 14.6. The van der Waals surface area contributed by atoms with Crippen LogP contribution < -0.4 is 5.43 Å². The van der Waals surface area contributed by atoms with Gasteiger partial charge in [0.2, 0.25) is 0 Å². The summed E-state index contributed by atoms with van der Waals surface area (Å²) in [5.74, 6) is -0.248. The molecular formula is C16H14BrClN2O. The van der Waals surface area contributed by atoms with Crippen molar-refractivity contribution < 1.29 is 4.79 Å². The van der Waals surface area contributed by atoms with Crippen LogP contribution in [0.25, 0.3) is 0 Å². The second-order valence-corrected chi connectivity index (χ2v) is 5.63. The zero-order chi connectivity index (χ0) is 15.2. The topological polar surface area (TPSA) is 41.5 Å². The Balaban J connectivity index is 2.16. The normalized spacial score (nSPS) is 11.3. The maximum atomic E-state index is 12.1. The molecule has 0 bridgehead atoms. The Morgan fingerprint density at radius 1 is 1.19 bits per heavy atom. The quantitative estimate of drug-likeness (QED) is 0.622. The monoisotopic (exact) mass is 364 g/mol. The summed E-state index contributed by atoms with van der Waals surface area (Å²) in [5, 5.41) is 4.89. The first kappa shape index (κ1) is 15.7. The van der Waals surface area contributed by atoms with Crippen LogP contribution in [0, 0.1) is 0 Å². The lowest BCUT2D eigenvalue weighted by Gasteiger charge is -2.06. The SMILES string of the molecule is CC/C(=N\NC(=O)c1ccccc1Br)c1ccc(Cl)cc1. The predicted octanol–water partition coefficient (Wildman–Crippen LogP) is 4.65. The number of hydrogen-bond donors (Lipinski definition) is 1. The van der Waals surface area contributed by atoms with Gasteiger partial charge in [0.1, 0.15) is 0 Å². The lowest BCUT2D eigenvalue weighted by atomic mass is 10.1. The minimum absolute atomic E-state index is 0.248. The van der Waals surface area contributed by atoms with Crippen molar-refractivity contribution in [3.8, 4) is 0 Å². The van der Waals surface area contributed by atoms with E-state index >= 15 is 0 Å². The summed E-state index contributed by atoms with van der Waals surface area (Å²) < 4.78 is 0.738. The van der Waals surface area contributed by atoms with E-state index < -0.39 is 0 Å². The molecule has 21 heavy (non-hydrogen) atoms. The molecule has 0 aromatic heterocycles. The first-order valence-corrected chi connectivity index (χ1v) is 7.66. The highest BCUT2D eigenvalue weighted by molar-refractivity contribution is 9.10. The highest BCUT2D eigenvalue weighted by Crippen LogP contribution is 2.16. The van der Waals surface area contributed by atoms with Crippen molar-refractivity contribution in [3.63, 3.8) is 0 Å². The van der Waals surface area contributed by atoms with Crippen LogP contribution in [0.1, 0.15) is 29.3 Å². The molecule has 0 aliphatic carbocycles. The summed E-state index contributed by atoms with van der Waals surface area (Å²) in [7, 11) is 0. The van der Waals surface area contributed by atoms with Gasteiger partial charge in [0.15, 0.2) is 0 Å². The number of hydrogen-bond acceptors (Lipinski definition) is 2. The van der Waals surface area contributed by atoms with E-state index in [0.29, 0.717) is 17.0 Å². The van der Waals surface area contributed by atoms with Crippen LogP contribution in [-0.2, 0) is 0 Å². The Kier molecular flexibility index (Phi) is 5.53. The fourth-order valence-electron chi connectivity index (χ4n) is 1.81. The summed E-state index contributed by atoms with van der Waals surface area (Å²) in [5.41, 5.74) is 4.88. The minimum Gasteiger partial charge on any atom is -0.267 e. The van der Waals surface area contributed by atoms with E-state index in [1.807, 2.05) is 37.3 Å². The Morgan fingerprint density at radius 2 is 1.86 bits per heavy atom. The van der Waals surface area contributed by atoms with Gasteiger partial charge in [-0.1, -0.05) is 42.8 Å². The van der Waals surface area contributed by atoms with Crippen molar-refractivity contribution in [2.45, 2.75) is 13.3 Å². The highest BCUT2D eigenvalue weighted by atomic mass is 79.9. The van der Waals surface area contributed by atoms with Crippen LogP contribution in [0.3, 0.4) is 0 Å². The molecule has 2 aromatic carbocycles. The van der Waals surface area contributed by atoms with Crippen molar-refractivity contribution >= 4 is 39.1 Å². The van der Waals surface area contributed by atoms with Crippen LogP contribution in [0.15, 0.2) is 58.1 Å². The molecule has 5 heteroatoms. The number of carbonyl (C=O) groups is 1.